The van der Waals surface area contributed by atoms with Crippen LogP contribution in [0.1, 0.15) is 22.5 Å². The highest BCUT2D eigenvalue weighted by Crippen LogP contribution is 2.20. The highest BCUT2D eigenvalue weighted by atomic mass is 32.2. The zero-order valence-corrected chi connectivity index (χ0v) is 12.2. The minimum atomic E-state index is -0.133. The summed E-state index contributed by atoms with van der Waals surface area (Å²) in [6.07, 6.45) is 1.91. The Morgan fingerprint density at radius 3 is 2.81 bits per heavy atom. The summed E-state index contributed by atoms with van der Waals surface area (Å²) in [5.74, 6) is 0.305. The number of imidazole rings is 1. The van der Waals surface area contributed by atoms with E-state index in [-0.39, 0.29) is 18.1 Å². The van der Waals surface area contributed by atoms with Crippen molar-refractivity contribution >= 4 is 17.5 Å². The first-order valence-electron chi connectivity index (χ1n) is 6.49. The van der Waals surface area contributed by atoms with Gasteiger partial charge in [0.1, 0.15) is 0 Å². The highest BCUT2D eigenvalue weighted by molar-refractivity contribution is 7.99. The molecule has 1 aromatic carbocycles. The number of carbonyl (C=O) groups is 1. The van der Waals surface area contributed by atoms with Crippen molar-refractivity contribution in [1.82, 2.24) is 9.55 Å². The van der Waals surface area contributed by atoms with E-state index in [0.29, 0.717) is 29.4 Å². The van der Waals surface area contributed by atoms with Gasteiger partial charge in [0, 0.05) is 12.1 Å². The quantitative estimate of drug-likeness (QED) is 0.627. The van der Waals surface area contributed by atoms with Crippen LogP contribution in [0.3, 0.4) is 0 Å². The summed E-state index contributed by atoms with van der Waals surface area (Å²) < 4.78 is 1.78. The molecule has 1 N–H and O–H groups in total. The van der Waals surface area contributed by atoms with Crippen molar-refractivity contribution in [1.29, 1.82) is 5.26 Å². The maximum absolute atomic E-state index is 12.1. The van der Waals surface area contributed by atoms with Crippen molar-refractivity contribution in [2.24, 2.45) is 0 Å². The zero-order chi connectivity index (χ0) is 15.1. The molecule has 108 valence electrons. The van der Waals surface area contributed by atoms with Gasteiger partial charge < -0.3 is 9.67 Å². The average molecular weight is 301 g/mol. The Labute approximate surface area is 127 Å². The molecule has 0 atom stereocenters. The average Bonchev–Trinajstić information content (AvgIpc) is 2.93. The lowest BCUT2D eigenvalue weighted by Gasteiger charge is -2.08. The monoisotopic (exact) mass is 301 g/mol. The molecular weight excluding hydrogens is 286 g/mol. The number of thioether (sulfide) groups is 1. The highest BCUT2D eigenvalue weighted by Gasteiger charge is 2.12. The van der Waals surface area contributed by atoms with Gasteiger partial charge in [-0.2, -0.15) is 5.26 Å². The van der Waals surface area contributed by atoms with Gasteiger partial charge in [-0.3, -0.25) is 4.79 Å². The van der Waals surface area contributed by atoms with Crippen LogP contribution in [0.2, 0.25) is 0 Å². The van der Waals surface area contributed by atoms with E-state index in [9.17, 15) is 9.90 Å². The number of ketones is 1. The number of nitrogens with zero attached hydrogens (tertiary/aromatic N) is 3. The van der Waals surface area contributed by atoms with Gasteiger partial charge in [0.2, 0.25) is 0 Å². The molecule has 0 spiro atoms. The molecule has 0 bridgehead atoms. The lowest BCUT2D eigenvalue weighted by molar-refractivity contribution is 0.102. The third-order valence-corrected chi connectivity index (χ3v) is 3.93. The van der Waals surface area contributed by atoms with Gasteiger partial charge in [-0.1, -0.05) is 42.1 Å². The summed E-state index contributed by atoms with van der Waals surface area (Å²) in [7, 11) is 0. The normalized spacial score (nSPS) is 10.3. The van der Waals surface area contributed by atoms with E-state index in [1.807, 2.05) is 18.2 Å². The molecule has 2 aromatic rings. The molecular formula is C15H15N3O2S. The van der Waals surface area contributed by atoms with Gasteiger partial charge in [0.25, 0.3) is 0 Å². The number of carbonyl (C=O) groups excluding carboxylic acids is 1. The topological polar surface area (TPSA) is 78.9 Å². The van der Waals surface area contributed by atoms with Gasteiger partial charge in [0.05, 0.1) is 36.7 Å². The van der Waals surface area contributed by atoms with Gasteiger partial charge in [-0.25, -0.2) is 4.98 Å². The van der Waals surface area contributed by atoms with E-state index in [2.05, 4.69) is 11.1 Å². The summed E-state index contributed by atoms with van der Waals surface area (Å²) in [5, 5.41) is 18.6. The molecule has 0 unspecified atom stereocenters. The Morgan fingerprint density at radius 2 is 2.14 bits per heavy atom. The maximum atomic E-state index is 12.1. The smallest absolute Gasteiger partial charge is 0.173 e. The zero-order valence-electron chi connectivity index (χ0n) is 11.4. The lowest BCUT2D eigenvalue weighted by Crippen LogP contribution is -2.07. The molecule has 0 aliphatic heterocycles. The molecule has 0 fully saturated rings. The number of aliphatic hydroxyl groups is 1. The number of aliphatic hydroxyl groups excluding tert-OH is 1. The van der Waals surface area contributed by atoms with Crippen LogP contribution in [0.4, 0.5) is 0 Å². The summed E-state index contributed by atoms with van der Waals surface area (Å²) in [6, 6.07) is 11.2. The first-order chi connectivity index (χ1) is 10.3. The van der Waals surface area contributed by atoms with Crippen molar-refractivity contribution < 1.29 is 9.90 Å². The Bertz CT molecular complexity index is 647. The predicted octanol–water partition coefficient (Wildman–Crippen LogP) is 2.26. The van der Waals surface area contributed by atoms with Crippen LogP contribution < -0.4 is 0 Å². The molecule has 0 aliphatic carbocycles. The number of hydrogen-bond acceptors (Lipinski definition) is 5. The van der Waals surface area contributed by atoms with E-state index in [1.165, 1.54) is 11.8 Å². The van der Waals surface area contributed by atoms with Gasteiger partial charge in [-0.15, -0.1) is 0 Å². The molecule has 21 heavy (non-hydrogen) atoms. The molecule has 0 radical (unpaired) electrons. The minimum Gasteiger partial charge on any atom is -0.390 e. The molecule has 0 amide bonds. The fourth-order valence-corrected chi connectivity index (χ4v) is 2.79. The van der Waals surface area contributed by atoms with Crippen molar-refractivity contribution in [3.8, 4) is 6.07 Å². The van der Waals surface area contributed by atoms with Crippen molar-refractivity contribution in [2.75, 3.05) is 5.75 Å². The standard InChI is InChI=1S/C15H15N3O2S/c16-7-4-8-18-13(10-19)9-17-15(18)21-11-14(20)12-5-2-1-3-6-12/h1-3,5-6,9,19H,4,8,10-11H2. The summed E-state index contributed by atoms with van der Waals surface area (Å²) >= 11 is 1.32. The van der Waals surface area contributed by atoms with Crippen molar-refractivity contribution in [3.63, 3.8) is 0 Å². The predicted molar refractivity (Wildman–Crippen MR) is 79.9 cm³/mol. The fourth-order valence-electron chi connectivity index (χ4n) is 1.87. The third kappa shape index (κ3) is 3.94. The summed E-state index contributed by atoms with van der Waals surface area (Å²) in [5.41, 5.74) is 1.32. The van der Waals surface area contributed by atoms with Crippen LogP contribution in [0.5, 0.6) is 0 Å². The van der Waals surface area contributed by atoms with E-state index in [1.54, 1.807) is 22.9 Å². The Balaban J connectivity index is 2.05. The summed E-state index contributed by atoms with van der Waals surface area (Å²) in [6.45, 7) is 0.333. The molecule has 2 rings (SSSR count). The Morgan fingerprint density at radius 1 is 1.38 bits per heavy atom. The van der Waals surface area contributed by atoms with Crippen LogP contribution in [-0.2, 0) is 13.2 Å². The van der Waals surface area contributed by atoms with Gasteiger partial charge >= 0.3 is 0 Å². The second-order valence-electron chi connectivity index (χ2n) is 4.33. The first-order valence-corrected chi connectivity index (χ1v) is 7.48. The van der Waals surface area contributed by atoms with E-state index in [4.69, 9.17) is 5.26 Å². The van der Waals surface area contributed by atoms with E-state index >= 15 is 0 Å². The molecule has 0 saturated heterocycles. The number of hydrogen-bond donors (Lipinski definition) is 1. The molecule has 0 saturated carbocycles. The largest absolute Gasteiger partial charge is 0.390 e. The third-order valence-electron chi connectivity index (χ3n) is 2.94. The van der Waals surface area contributed by atoms with Crippen LogP contribution >= 0.6 is 11.8 Å². The van der Waals surface area contributed by atoms with E-state index in [0.717, 1.165) is 0 Å². The van der Waals surface area contributed by atoms with Gasteiger partial charge in [0.15, 0.2) is 10.9 Å². The van der Waals surface area contributed by atoms with Gasteiger partial charge in [-0.05, 0) is 0 Å². The molecule has 6 heteroatoms. The van der Waals surface area contributed by atoms with E-state index < -0.39 is 0 Å². The van der Waals surface area contributed by atoms with Crippen LogP contribution in [0, 0.1) is 11.3 Å². The minimum absolute atomic E-state index is 0.0287. The second-order valence-corrected chi connectivity index (χ2v) is 5.27. The number of benzene rings is 1. The SMILES string of the molecule is N#CCCn1c(CO)cnc1SCC(=O)c1ccccc1. The number of aromatic nitrogens is 2. The number of rotatable bonds is 7. The second kappa shape index (κ2) is 7.62. The Kier molecular flexibility index (Phi) is 5.55. The van der Waals surface area contributed by atoms with Crippen LogP contribution in [0.15, 0.2) is 41.7 Å². The van der Waals surface area contributed by atoms with Crippen molar-refractivity contribution in [3.05, 3.63) is 47.8 Å². The van der Waals surface area contributed by atoms with Crippen molar-refractivity contribution in [2.45, 2.75) is 24.7 Å². The maximum Gasteiger partial charge on any atom is 0.173 e. The molecule has 1 heterocycles. The molecule has 0 aliphatic rings. The first kappa shape index (κ1) is 15.3. The fraction of sp³-hybridized carbons (Fsp3) is 0.267. The Hall–Kier alpha value is -2.10. The number of nitriles is 1. The summed E-state index contributed by atoms with van der Waals surface area (Å²) in [4.78, 5) is 16.3. The molecule has 5 nitrogen and oxygen atoms in total. The lowest BCUT2D eigenvalue weighted by atomic mass is 10.2. The molecule has 1 aromatic heterocycles. The van der Waals surface area contributed by atoms with Crippen LogP contribution in [-0.4, -0.2) is 26.2 Å². The number of Topliss-reactive ketones (excluding diaryl/α,β-unsaturated/α-hetero) is 1. The van der Waals surface area contributed by atoms with Crippen LogP contribution in [0.25, 0.3) is 0 Å².